The number of hydrogen-bond acceptors (Lipinski definition) is 5. The van der Waals surface area contributed by atoms with E-state index in [9.17, 15) is 0 Å². The second kappa shape index (κ2) is 14.1. The third-order valence-electron chi connectivity index (χ3n) is 12.6. The van der Waals surface area contributed by atoms with Gasteiger partial charge in [0.25, 0.3) is 0 Å². The van der Waals surface area contributed by atoms with Gasteiger partial charge in [0.1, 0.15) is 22.8 Å². The van der Waals surface area contributed by atoms with Crippen LogP contribution in [0.5, 0.6) is 0 Å². The van der Waals surface area contributed by atoms with Gasteiger partial charge < -0.3 is 19.6 Å². The molecule has 2 aliphatic heterocycles. The van der Waals surface area contributed by atoms with Gasteiger partial charge in [-0.25, -0.2) is 9.98 Å². The minimum Gasteiger partial charge on any atom is -0.456 e. The molecule has 0 spiro atoms. The smallest absolute Gasteiger partial charge is 0.205 e. The second-order valence-electron chi connectivity index (χ2n) is 16.2. The van der Waals surface area contributed by atoms with Crippen LogP contribution < -0.4 is 10.6 Å². The number of furan rings is 1. The third kappa shape index (κ3) is 5.67. The van der Waals surface area contributed by atoms with E-state index in [1.165, 1.54) is 21.8 Å². The molecule has 7 heteroatoms. The van der Waals surface area contributed by atoms with E-state index in [0.717, 1.165) is 95.7 Å². The Bertz CT molecular complexity index is 3700. The predicted octanol–water partition coefficient (Wildman–Crippen LogP) is 13.4. The van der Waals surface area contributed by atoms with Crippen molar-refractivity contribution in [1.82, 2.24) is 14.5 Å². The van der Waals surface area contributed by atoms with Crippen molar-refractivity contribution in [3.05, 3.63) is 211 Å². The van der Waals surface area contributed by atoms with Crippen LogP contribution >= 0.6 is 0 Å². The number of nitrogens with zero attached hydrogens (tertiary/aromatic N) is 4. The van der Waals surface area contributed by atoms with Gasteiger partial charge in [-0.05, 0) is 82.9 Å². The summed E-state index contributed by atoms with van der Waals surface area (Å²) in [5.74, 6) is 2.49. The molecule has 0 amide bonds. The van der Waals surface area contributed by atoms with Crippen LogP contribution in [0.1, 0.15) is 23.0 Å². The molecule has 3 aromatic heterocycles. The molecule has 1 atom stereocenters. The highest BCUT2D eigenvalue weighted by atomic mass is 16.3. The van der Waals surface area contributed by atoms with E-state index in [-0.39, 0.29) is 0 Å². The maximum absolute atomic E-state index is 6.58. The number of rotatable bonds is 6. The highest BCUT2D eigenvalue weighted by Crippen LogP contribution is 2.43. The molecule has 11 aromatic rings. The molecule has 0 saturated carbocycles. The summed E-state index contributed by atoms with van der Waals surface area (Å²) >= 11 is 0. The number of fused-ring (bicyclic) bond motifs is 9. The molecule has 5 heterocycles. The first-order valence-electron chi connectivity index (χ1n) is 21.4. The minimum absolute atomic E-state index is 0.446. The highest BCUT2D eigenvalue weighted by molar-refractivity contribution is 6.16. The lowest BCUT2D eigenvalue weighted by molar-refractivity contribution is 0.506. The fourth-order valence-electron chi connectivity index (χ4n) is 9.73. The van der Waals surface area contributed by atoms with Gasteiger partial charge in [-0.2, -0.15) is 0 Å². The normalized spacial score (nSPS) is 14.8. The van der Waals surface area contributed by atoms with Crippen LogP contribution in [0.15, 0.2) is 209 Å². The lowest BCUT2D eigenvalue weighted by Gasteiger charge is -2.27. The zero-order valence-electron chi connectivity index (χ0n) is 34.0. The molecule has 7 nitrogen and oxygen atoms in total. The van der Waals surface area contributed by atoms with Gasteiger partial charge in [0.15, 0.2) is 5.84 Å². The lowest BCUT2D eigenvalue weighted by Crippen LogP contribution is -2.37. The van der Waals surface area contributed by atoms with Gasteiger partial charge in [0.05, 0.1) is 16.6 Å². The van der Waals surface area contributed by atoms with Crippen molar-refractivity contribution < 1.29 is 4.42 Å². The van der Waals surface area contributed by atoms with E-state index in [0.29, 0.717) is 5.84 Å². The number of hydrogen-bond donors (Lipinski definition) is 2. The summed E-state index contributed by atoms with van der Waals surface area (Å²) < 4.78 is 11.2. The van der Waals surface area contributed by atoms with Crippen molar-refractivity contribution in [3.8, 4) is 27.9 Å². The van der Waals surface area contributed by atoms with E-state index in [4.69, 9.17) is 14.4 Å². The quantitative estimate of drug-likeness (QED) is 0.176. The first kappa shape index (κ1) is 35.3. The average Bonchev–Trinajstić information content (AvgIpc) is 4.02. The summed E-state index contributed by atoms with van der Waals surface area (Å²) in [6.07, 6.45) is 3.97. The molecule has 8 aromatic carbocycles. The van der Waals surface area contributed by atoms with Gasteiger partial charge in [-0.15, -0.1) is 0 Å². The summed E-state index contributed by atoms with van der Waals surface area (Å²) in [5, 5.41) is 13.2. The first-order valence-corrected chi connectivity index (χ1v) is 21.4. The number of aliphatic imine (C=N–C) groups is 2. The van der Waals surface area contributed by atoms with Crippen molar-refractivity contribution in [1.29, 1.82) is 0 Å². The monoisotopic (exact) mass is 810 g/mol. The Kier molecular flexibility index (Phi) is 7.90. The van der Waals surface area contributed by atoms with E-state index in [2.05, 4.69) is 184 Å². The molecule has 298 valence electrons. The number of amidine groups is 2. The fraction of sp³-hybridized carbons (Fsp3) is 0.0357. The van der Waals surface area contributed by atoms with Gasteiger partial charge in [-0.3, -0.25) is 4.57 Å². The molecule has 0 saturated heterocycles. The van der Waals surface area contributed by atoms with Gasteiger partial charge >= 0.3 is 0 Å². The molecule has 0 fully saturated rings. The lowest BCUT2D eigenvalue weighted by atomic mass is 9.96. The topological polar surface area (TPSA) is 71.8 Å². The molecule has 2 aliphatic rings. The van der Waals surface area contributed by atoms with Crippen LogP contribution in [-0.2, 0) is 0 Å². The Morgan fingerprint density at radius 1 is 0.524 bits per heavy atom. The van der Waals surface area contributed by atoms with Crippen LogP contribution in [0.2, 0.25) is 0 Å². The van der Waals surface area contributed by atoms with E-state index >= 15 is 0 Å². The molecule has 2 N–H and O–H groups in total. The Balaban J connectivity index is 0.940. The van der Waals surface area contributed by atoms with E-state index < -0.39 is 6.29 Å². The SMILES string of the molecule is C1=Cc2c(n(C3N=C(c4ccccc4)N=C(c4ccccc4)N3)c3ccc(-c4cccc5oc6ccc(-c7ccc8c(c7)c7ccccc7n8-c7ccccc7)cc6c45)cc23)NC1. The van der Waals surface area contributed by atoms with E-state index in [1.54, 1.807) is 0 Å². The maximum atomic E-state index is 6.58. The number of para-hydroxylation sites is 2. The van der Waals surface area contributed by atoms with Crippen molar-refractivity contribution in [2.45, 2.75) is 6.29 Å². The van der Waals surface area contributed by atoms with Gasteiger partial charge in [0, 0.05) is 55.9 Å². The van der Waals surface area contributed by atoms with Crippen molar-refractivity contribution >= 4 is 78.2 Å². The zero-order valence-corrected chi connectivity index (χ0v) is 34.0. The van der Waals surface area contributed by atoms with Crippen LogP contribution in [0.25, 0.3) is 88.7 Å². The number of aromatic nitrogens is 2. The largest absolute Gasteiger partial charge is 0.456 e. The third-order valence-corrected chi connectivity index (χ3v) is 12.6. The summed E-state index contributed by atoms with van der Waals surface area (Å²) in [5.41, 5.74) is 14.0. The fourth-order valence-corrected chi connectivity index (χ4v) is 9.73. The maximum Gasteiger partial charge on any atom is 0.205 e. The average molecular weight is 811 g/mol. The Labute approximate surface area is 362 Å². The summed E-state index contributed by atoms with van der Waals surface area (Å²) in [6.45, 7) is 0.725. The summed E-state index contributed by atoms with van der Waals surface area (Å²) in [4.78, 5) is 10.3. The molecule has 0 aliphatic carbocycles. The molecule has 0 bridgehead atoms. The zero-order chi connectivity index (χ0) is 41.4. The van der Waals surface area contributed by atoms with Crippen LogP contribution in [0.3, 0.4) is 0 Å². The van der Waals surface area contributed by atoms with Gasteiger partial charge in [-0.1, -0.05) is 140 Å². The van der Waals surface area contributed by atoms with Crippen molar-refractivity contribution in [2.24, 2.45) is 9.98 Å². The Hall–Kier alpha value is -8.42. The highest BCUT2D eigenvalue weighted by Gasteiger charge is 2.28. The predicted molar refractivity (Wildman–Crippen MR) is 260 cm³/mol. The molecular weight excluding hydrogens is 773 g/mol. The molecule has 13 rings (SSSR count). The van der Waals surface area contributed by atoms with Crippen molar-refractivity contribution in [2.75, 3.05) is 11.9 Å². The molecule has 1 unspecified atom stereocenters. The molecular formula is C56H38N6O. The summed E-state index contributed by atoms with van der Waals surface area (Å²) in [7, 11) is 0. The summed E-state index contributed by atoms with van der Waals surface area (Å²) in [6, 6.07) is 66.4. The molecule has 63 heavy (non-hydrogen) atoms. The second-order valence-corrected chi connectivity index (χ2v) is 16.2. The number of nitrogens with one attached hydrogen (secondary N) is 2. The van der Waals surface area contributed by atoms with Crippen LogP contribution in [-0.4, -0.2) is 27.4 Å². The van der Waals surface area contributed by atoms with E-state index in [1.807, 2.05) is 36.4 Å². The first-order chi connectivity index (χ1) is 31.2. The minimum atomic E-state index is -0.446. The Morgan fingerprint density at radius 2 is 1.21 bits per heavy atom. The van der Waals surface area contributed by atoms with Crippen LogP contribution in [0.4, 0.5) is 5.82 Å². The molecule has 0 radical (unpaired) electrons. The Morgan fingerprint density at radius 3 is 2.05 bits per heavy atom. The number of benzene rings is 8. The van der Waals surface area contributed by atoms with Gasteiger partial charge in [0.2, 0.25) is 6.29 Å². The number of anilines is 1. The van der Waals surface area contributed by atoms with Crippen LogP contribution in [0, 0.1) is 0 Å². The standard InChI is InChI=1S/C56H38N6O/c1-4-14-35(15-5-1)53-58-54(36-16-6-2-7-17-36)60-56(59-53)62-49-29-26-39(34-45(49)43-22-13-31-57-55(43)62)41-21-12-24-51-52(41)46-33-38(27-30-50(46)63-51)37-25-28-48-44(32-37)42-20-10-11-23-47(42)61(48)40-18-8-3-9-19-40/h1-30,32-34,56-57H,31H2,(H,58,59,60). The van der Waals surface area contributed by atoms with Crippen molar-refractivity contribution in [3.63, 3.8) is 0 Å².